The number of fused-ring (bicyclic) bond motifs is 1. The van der Waals surface area contributed by atoms with Crippen molar-refractivity contribution in [2.75, 3.05) is 23.5 Å². The Labute approximate surface area is 210 Å². The second kappa shape index (κ2) is 9.23. The van der Waals surface area contributed by atoms with Crippen LogP contribution in [0.3, 0.4) is 0 Å². The van der Waals surface area contributed by atoms with Crippen LogP contribution in [0.2, 0.25) is 5.02 Å². The van der Waals surface area contributed by atoms with Crippen molar-refractivity contribution in [2.24, 2.45) is 0 Å². The summed E-state index contributed by atoms with van der Waals surface area (Å²) in [5.74, 6) is -0.953. The molecule has 4 rings (SSSR count). The first-order chi connectivity index (χ1) is 16.6. The number of nitrogens with zero attached hydrogens (tertiary/aromatic N) is 2. The van der Waals surface area contributed by atoms with E-state index in [0.717, 1.165) is 34.7 Å². The quantitative estimate of drug-likeness (QED) is 0.444. The lowest BCUT2D eigenvalue weighted by atomic mass is 9.87. The van der Waals surface area contributed by atoms with Gasteiger partial charge >= 0.3 is 6.03 Å². The molecule has 7 nitrogen and oxygen atoms in total. The number of hydrogen-bond acceptors (Lipinski definition) is 5. The van der Waals surface area contributed by atoms with Gasteiger partial charge in [-0.1, -0.05) is 24.6 Å². The summed E-state index contributed by atoms with van der Waals surface area (Å²) in [6.07, 6.45) is 4.67. The van der Waals surface area contributed by atoms with Crippen LogP contribution < -0.4 is 19.9 Å². The van der Waals surface area contributed by atoms with Gasteiger partial charge in [-0.15, -0.1) is 0 Å². The largest absolute Gasteiger partial charge is 0.496 e. The lowest BCUT2D eigenvalue weighted by Gasteiger charge is -2.43. The molecule has 0 radical (unpaired) electrons. The second-order valence-electron chi connectivity index (χ2n) is 9.18. The minimum Gasteiger partial charge on any atom is -0.496 e. The summed E-state index contributed by atoms with van der Waals surface area (Å²) in [6.45, 7) is 9.40. The minimum atomic E-state index is -0.812. The van der Waals surface area contributed by atoms with Crippen LogP contribution in [0.25, 0.3) is 11.6 Å². The molecule has 0 unspecified atom stereocenters. The van der Waals surface area contributed by atoms with Crippen LogP contribution in [0, 0.1) is 0 Å². The Morgan fingerprint density at radius 1 is 1.11 bits per heavy atom. The molecule has 0 saturated carbocycles. The number of hydrogen-bond donors (Lipinski definition) is 1. The van der Waals surface area contributed by atoms with Gasteiger partial charge in [0.15, 0.2) is 0 Å². The van der Waals surface area contributed by atoms with Crippen LogP contribution >= 0.6 is 11.6 Å². The number of carbonyl (C=O) groups excluding carboxylic acids is 3. The monoisotopic (exact) mass is 493 g/mol. The fraction of sp³-hybridized carbons (Fsp3) is 0.296. The van der Waals surface area contributed by atoms with Gasteiger partial charge in [0, 0.05) is 34.4 Å². The number of nitrogens with one attached hydrogen (secondary N) is 1. The number of carbonyl (C=O) groups is 3. The van der Waals surface area contributed by atoms with Crippen molar-refractivity contribution < 1.29 is 19.1 Å². The Bertz CT molecular complexity index is 1280. The van der Waals surface area contributed by atoms with Crippen molar-refractivity contribution in [3.05, 3.63) is 64.2 Å². The Morgan fingerprint density at radius 3 is 2.43 bits per heavy atom. The first kappa shape index (κ1) is 24.5. The van der Waals surface area contributed by atoms with Crippen LogP contribution in [0.15, 0.2) is 48.0 Å². The molecule has 0 bridgehead atoms. The number of anilines is 2. The highest BCUT2D eigenvalue weighted by atomic mass is 35.5. The molecule has 2 aromatic carbocycles. The number of amides is 4. The van der Waals surface area contributed by atoms with E-state index >= 15 is 0 Å². The van der Waals surface area contributed by atoms with Gasteiger partial charge in [-0.25, -0.2) is 9.69 Å². The molecule has 2 aromatic rings. The summed E-state index contributed by atoms with van der Waals surface area (Å²) in [5, 5.41) is 2.72. The molecule has 4 amide bonds. The predicted octanol–water partition coefficient (Wildman–Crippen LogP) is 5.43. The highest BCUT2D eigenvalue weighted by molar-refractivity contribution is 6.39. The van der Waals surface area contributed by atoms with E-state index in [-0.39, 0.29) is 11.1 Å². The van der Waals surface area contributed by atoms with Gasteiger partial charge in [0.25, 0.3) is 11.8 Å². The van der Waals surface area contributed by atoms with Crippen molar-refractivity contribution in [1.29, 1.82) is 0 Å². The van der Waals surface area contributed by atoms with E-state index < -0.39 is 17.8 Å². The number of urea groups is 1. The fourth-order valence-electron chi connectivity index (χ4n) is 4.68. The molecular formula is C27H28ClN3O4. The molecule has 0 atom stereocenters. The normalized spacial score (nSPS) is 18.4. The topological polar surface area (TPSA) is 79.0 Å². The number of ether oxygens (including phenoxy) is 1. The van der Waals surface area contributed by atoms with E-state index in [0.29, 0.717) is 22.0 Å². The van der Waals surface area contributed by atoms with E-state index in [1.165, 1.54) is 6.08 Å². The van der Waals surface area contributed by atoms with Gasteiger partial charge < -0.3 is 9.64 Å². The third-order valence-electron chi connectivity index (χ3n) is 6.26. The molecule has 35 heavy (non-hydrogen) atoms. The molecule has 2 aliphatic heterocycles. The van der Waals surface area contributed by atoms with Crippen LogP contribution in [0.1, 0.15) is 45.2 Å². The number of benzene rings is 2. The minimum absolute atomic E-state index is 0.166. The van der Waals surface area contributed by atoms with Crippen LogP contribution in [-0.4, -0.2) is 37.0 Å². The van der Waals surface area contributed by atoms with Crippen molar-refractivity contribution in [3.8, 4) is 5.75 Å². The highest BCUT2D eigenvalue weighted by Gasteiger charge is 2.37. The molecule has 182 valence electrons. The van der Waals surface area contributed by atoms with Gasteiger partial charge in [0.2, 0.25) is 0 Å². The predicted molar refractivity (Wildman–Crippen MR) is 139 cm³/mol. The number of barbiturate groups is 1. The van der Waals surface area contributed by atoms with Gasteiger partial charge in [0.1, 0.15) is 11.3 Å². The van der Waals surface area contributed by atoms with Gasteiger partial charge in [-0.05, 0) is 69.2 Å². The third-order valence-corrected chi connectivity index (χ3v) is 6.51. The third kappa shape index (κ3) is 4.44. The number of methoxy groups -OCH3 is 1. The zero-order valence-electron chi connectivity index (χ0n) is 20.4. The van der Waals surface area contributed by atoms with E-state index in [1.807, 2.05) is 19.1 Å². The van der Waals surface area contributed by atoms with E-state index in [4.69, 9.17) is 16.3 Å². The lowest BCUT2D eigenvalue weighted by Crippen LogP contribution is -2.54. The summed E-state index contributed by atoms with van der Waals surface area (Å²) >= 11 is 5.94. The molecule has 0 spiro atoms. The van der Waals surface area contributed by atoms with Crippen molar-refractivity contribution in [3.63, 3.8) is 0 Å². The average Bonchev–Trinajstić information content (AvgIpc) is 2.80. The molecular weight excluding hydrogens is 466 g/mol. The van der Waals surface area contributed by atoms with Gasteiger partial charge in [0.05, 0.1) is 18.3 Å². The van der Waals surface area contributed by atoms with Crippen molar-refractivity contribution in [2.45, 2.75) is 39.7 Å². The standard InChI is InChI=1S/C27H28ClN3O4/c1-6-11-30-22-14-23(35-5)17(12-20(22)16(2)15-27(30,3)4)13-21-24(32)29-26(34)31(25(21)33)19-9-7-18(28)8-10-19/h7-10,12-15H,6,11H2,1-5H3,(H,29,32,34)/b21-13-. The van der Waals surface area contributed by atoms with Gasteiger partial charge in [-0.2, -0.15) is 0 Å². The average molecular weight is 494 g/mol. The van der Waals surface area contributed by atoms with E-state index in [9.17, 15) is 14.4 Å². The second-order valence-corrected chi connectivity index (χ2v) is 9.61. The Balaban J connectivity index is 1.82. The molecule has 0 aromatic heterocycles. The molecule has 1 N–H and O–H groups in total. The Morgan fingerprint density at radius 2 is 1.80 bits per heavy atom. The summed E-state index contributed by atoms with van der Waals surface area (Å²) in [5.41, 5.74) is 3.67. The number of halogens is 1. The highest BCUT2D eigenvalue weighted by Crippen LogP contribution is 2.43. The summed E-state index contributed by atoms with van der Waals surface area (Å²) in [4.78, 5) is 41.7. The van der Waals surface area contributed by atoms with Crippen LogP contribution in [0.5, 0.6) is 5.75 Å². The maximum Gasteiger partial charge on any atom is 0.335 e. The maximum absolute atomic E-state index is 13.3. The van der Waals surface area contributed by atoms with Gasteiger partial charge in [-0.3, -0.25) is 14.9 Å². The number of allylic oxidation sites excluding steroid dienone is 1. The number of rotatable bonds is 5. The van der Waals surface area contributed by atoms with E-state index in [2.05, 4.69) is 37.1 Å². The zero-order valence-corrected chi connectivity index (χ0v) is 21.2. The zero-order chi connectivity index (χ0) is 25.5. The van der Waals surface area contributed by atoms with Crippen LogP contribution in [0.4, 0.5) is 16.2 Å². The smallest absolute Gasteiger partial charge is 0.335 e. The lowest BCUT2D eigenvalue weighted by molar-refractivity contribution is -0.122. The SMILES string of the molecule is CCCN1c2cc(OC)c(/C=C3/C(=O)NC(=O)N(c4ccc(Cl)cc4)C3=O)cc2C(C)=CC1(C)C. The van der Waals surface area contributed by atoms with E-state index in [1.54, 1.807) is 31.4 Å². The number of imide groups is 2. The van der Waals surface area contributed by atoms with Crippen molar-refractivity contribution in [1.82, 2.24) is 5.32 Å². The molecule has 0 aliphatic carbocycles. The molecule has 1 saturated heterocycles. The molecule has 2 aliphatic rings. The van der Waals surface area contributed by atoms with Crippen molar-refractivity contribution >= 4 is 52.5 Å². The van der Waals surface area contributed by atoms with Crippen LogP contribution in [-0.2, 0) is 9.59 Å². The summed E-state index contributed by atoms with van der Waals surface area (Å²) in [7, 11) is 1.55. The summed E-state index contributed by atoms with van der Waals surface area (Å²) < 4.78 is 5.67. The first-order valence-electron chi connectivity index (χ1n) is 11.4. The summed E-state index contributed by atoms with van der Waals surface area (Å²) in [6, 6.07) is 9.30. The molecule has 2 heterocycles. The Hall–Kier alpha value is -3.58. The molecule has 1 fully saturated rings. The Kier molecular flexibility index (Phi) is 6.47. The maximum atomic E-state index is 13.3. The fourth-order valence-corrected chi connectivity index (χ4v) is 4.81. The molecule has 8 heteroatoms. The first-order valence-corrected chi connectivity index (χ1v) is 11.8.